The van der Waals surface area contributed by atoms with Gasteiger partial charge in [-0.15, -0.1) is 0 Å². The molecule has 0 bridgehead atoms. The van der Waals surface area contributed by atoms with Crippen LogP contribution in [0.15, 0.2) is 60.1 Å². The van der Waals surface area contributed by atoms with Gasteiger partial charge in [-0.1, -0.05) is 30.8 Å². The van der Waals surface area contributed by atoms with Crippen molar-refractivity contribution in [3.05, 3.63) is 72.1 Å². The molecule has 1 fully saturated rings. The normalized spacial score (nSPS) is 17.0. The molecule has 0 aromatic heterocycles. The van der Waals surface area contributed by atoms with Crippen molar-refractivity contribution in [3.63, 3.8) is 0 Å². The minimum Gasteiger partial charge on any atom is -0.453 e. The third kappa shape index (κ3) is 7.87. The molecular formula is C28H35FN4O5. The van der Waals surface area contributed by atoms with Gasteiger partial charge in [-0.3, -0.25) is 15.0 Å². The molecule has 0 spiro atoms. The Labute approximate surface area is 222 Å². The number of nitrogens with one attached hydrogen (secondary N) is 1. The van der Waals surface area contributed by atoms with E-state index in [4.69, 9.17) is 4.74 Å². The average Bonchev–Trinajstić information content (AvgIpc) is 3.37. The largest absolute Gasteiger partial charge is 0.453 e. The summed E-state index contributed by atoms with van der Waals surface area (Å²) in [5.41, 5.74) is 3.59. The maximum atomic E-state index is 13.4. The van der Waals surface area contributed by atoms with E-state index >= 15 is 0 Å². The molecule has 204 valence electrons. The van der Waals surface area contributed by atoms with E-state index in [1.54, 1.807) is 25.5 Å². The number of carbonyl (C=O) groups excluding carboxylic acids is 2. The van der Waals surface area contributed by atoms with Crippen molar-refractivity contribution in [2.24, 2.45) is 4.99 Å². The number of hydrogen-bond acceptors (Lipinski definition) is 7. The fourth-order valence-corrected chi connectivity index (χ4v) is 4.38. The third-order valence-electron chi connectivity index (χ3n) is 6.45. The summed E-state index contributed by atoms with van der Waals surface area (Å²) in [6, 6.07) is 14.6. The molecule has 1 heterocycles. The summed E-state index contributed by atoms with van der Waals surface area (Å²) >= 11 is 0. The lowest BCUT2D eigenvalue weighted by Crippen LogP contribution is -2.38. The molecule has 1 saturated heterocycles. The van der Waals surface area contributed by atoms with E-state index in [1.807, 2.05) is 12.1 Å². The lowest BCUT2D eigenvalue weighted by Gasteiger charge is -2.30. The van der Waals surface area contributed by atoms with Crippen LogP contribution in [-0.2, 0) is 14.3 Å². The smallest absolute Gasteiger partial charge is 0.407 e. The summed E-state index contributed by atoms with van der Waals surface area (Å²) in [7, 11) is 2.91. The number of rotatable bonds is 12. The summed E-state index contributed by atoms with van der Waals surface area (Å²) < 4.78 is 23.6. The highest BCUT2D eigenvalue weighted by molar-refractivity contribution is 5.81. The standard InChI is InChI=1S/C28H35FN4O5/c1-20(30-16-5-4-6-17-33(36)26(34)19-31-28(35)38-3)21-7-9-22(10-8-21)27-25(37-2)15-18-32(27)24-13-11-23(29)12-14-24/h7-14,16,25,27,36H,1,4-6,15,17-19H2,2-3H3,(H,31,35)/b30-16+/t25-,27-/m0/s1. The Kier molecular flexibility index (Phi) is 10.8. The molecule has 0 aliphatic carbocycles. The van der Waals surface area contributed by atoms with Gasteiger partial charge in [0.05, 0.1) is 25.0 Å². The SMILES string of the molecule is C=C(/N=C/CCCCN(O)C(=O)CNC(=O)OC)c1ccc([C@H]2[C@@H](OC)CCN2c2ccc(F)cc2)cc1. The number of benzene rings is 2. The molecule has 2 N–H and O–H groups in total. The van der Waals surface area contributed by atoms with Gasteiger partial charge in [-0.25, -0.2) is 14.2 Å². The van der Waals surface area contributed by atoms with Gasteiger partial charge in [0.1, 0.15) is 12.4 Å². The lowest BCUT2D eigenvalue weighted by atomic mass is 9.99. The molecular weight excluding hydrogens is 491 g/mol. The number of ether oxygens (including phenoxy) is 2. The van der Waals surface area contributed by atoms with E-state index < -0.39 is 12.0 Å². The first-order valence-electron chi connectivity index (χ1n) is 12.5. The molecule has 0 radical (unpaired) electrons. The van der Waals surface area contributed by atoms with Crippen molar-refractivity contribution in [1.82, 2.24) is 10.4 Å². The number of halogens is 1. The highest BCUT2D eigenvalue weighted by atomic mass is 19.1. The minimum absolute atomic E-state index is 0.0190. The van der Waals surface area contributed by atoms with Crippen LogP contribution >= 0.6 is 0 Å². The quantitative estimate of drug-likeness (QED) is 0.182. The van der Waals surface area contributed by atoms with Crippen LogP contribution in [0.25, 0.3) is 5.70 Å². The number of unbranched alkanes of at least 4 members (excludes halogenated alkanes) is 2. The zero-order valence-electron chi connectivity index (χ0n) is 21.8. The molecule has 2 atom stereocenters. The second-order valence-electron chi connectivity index (χ2n) is 8.92. The van der Waals surface area contributed by atoms with E-state index in [9.17, 15) is 19.2 Å². The van der Waals surface area contributed by atoms with Gasteiger partial charge in [0, 0.05) is 32.1 Å². The maximum Gasteiger partial charge on any atom is 0.407 e. The molecule has 0 unspecified atom stereocenters. The number of hydroxylamine groups is 2. The van der Waals surface area contributed by atoms with Crippen molar-refractivity contribution in [3.8, 4) is 0 Å². The number of amides is 2. The highest BCUT2D eigenvalue weighted by Crippen LogP contribution is 2.38. The number of anilines is 1. The third-order valence-corrected chi connectivity index (χ3v) is 6.45. The van der Waals surface area contributed by atoms with Crippen LogP contribution in [-0.4, -0.2) is 68.4 Å². The Bertz CT molecular complexity index is 1110. The van der Waals surface area contributed by atoms with Crippen molar-refractivity contribution >= 4 is 29.6 Å². The molecule has 2 amide bonds. The first-order valence-corrected chi connectivity index (χ1v) is 12.5. The molecule has 1 aliphatic heterocycles. The predicted octanol–water partition coefficient (Wildman–Crippen LogP) is 4.58. The summed E-state index contributed by atoms with van der Waals surface area (Å²) in [6.07, 6.45) is 3.88. The first-order chi connectivity index (χ1) is 18.3. The summed E-state index contributed by atoms with van der Waals surface area (Å²) in [4.78, 5) is 29.4. The van der Waals surface area contributed by atoms with Crippen molar-refractivity contribution in [1.29, 1.82) is 0 Å². The Balaban J connectivity index is 1.48. The Hall–Kier alpha value is -3.76. The first kappa shape index (κ1) is 28.8. The average molecular weight is 527 g/mol. The number of alkyl carbamates (subject to hydrolysis) is 1. The molecule has 3 rings (SSSR count). The van der Waals surface area contributed by atoms with Gasteiger partial charge >= 0.3 is 6.09 Å². The van der Waals surface area contributed by atoms with Gasteiger partial charge in [0.2, 0.25) is 0 Å². The maximum absolute atomic E-state index is 13.4. The molecule has 10 heteroatoms. The Morgan fingerprint density at radius 3 is 2.55 bits per heavy atom. The molecule has 2 aromatic rings. The monoisotopic (exact) mass is 526 g/mol. The molecule has 9 nitrogen and oxygen atoms in total. The topological polar surface area (TPSA) is 104 Å². The Morgan fingerprint density at radius 1 is 1.18 bits per heavy atom. The fourth-order valence-electron chi connectivity index (χ4n) is 4.38. The van der Waals surface area contributed by atoms with Gasteiger partial charge in [0.15, 0.2) is 0 Å². The summed E-state index contributed by atoms with van der Waals surface area (Å²) in [6.45, 7) is 4.69. The summed E-state index contributed by atoms with van der Waals surface area (Å²) in [5, 5.41) is 12.5. The van der Waals surface area contributed by atoms with Crippen molar-refractivity contribution in [2.45, 2.75) is 37.8 Å². The van der Waals surface area contributed by atoms with Crippen LogP contribution in [0.2, 0.25) is 0 Å². The van der Waals surface area contributed by atoms with Gasteiger partial charge in [-0.05, 0) is 61.1 Å². The van der Waals surface area contributed by atoms with E-state index in [-0.39, 0.29) is 31.1 Å². The van der Waals surface area contributed by atoms with Crippen LogP contribution in [0.5, 0.6) is 0 Å². The van der Waals surface area contributed by atoms with Gasteiger partial charge in [0.25, 0.3) is 5.91 Å². The van der Waals surface area contributed by atoms with Crippen LogP contribution in [0, 0.1) is 5.82 Å². The van der Waals surface area contributed by atoms with Crippen LogP contribution < -0.4 is 10.2 Å². The number of methoxy groups -OCH3 is 2. The van der Waals surface area contributed by atoms with E-state index in [0.29, 0.717) is 30.0 Å². The molecule has 2 aromatic carbocycles. The zero-order valence-corrected chi connectivity index (χ0v) is 21.8. The van der Waals surface area contributed by atoms with Crippen LogP contribution in [0.1, 0.15) is 42.9 Å². The van der Waals surface area contributed by atoms with E-state index in [0.717, 1.165) is 29.8 Å². The molecule has 1 aliphatic rings. The van der Waals surface area contributed by atoms with Gasteiger partial charge in [-0.2, -0.15) is 0 Å². The minimum atomic E-state index is -0.734. The Morgan fingerprint density at radius 2 is 1.89 bits per heavy atom. The number of carbonyl (C=O) groups is 2. The lowest BCUT2D eigenvalue weighted by molar-refractivity contribution is -0.164. The number of hydrogen-bond donors (Lipinski definition) is 2. The second-order valence-corrected chi connectivity index (χ2v) is 8.92. The van der Waals surface area contributed by atoms with Crippen molar-refractivity contribution in [2.75, 3.05) is 38.8 Å². The molecule has 38 heavy (non-hydrogen) atoms. The highest BCUT2D eigenvalue weighted by Gasteiger charge is 2.35. The van der Waals surface area contributed by atoms with Crippen LogP contribution in [0.4, 0.5) is 14.9 Å². The van der Waals surface area contributed by atoms with E-state index in [2.05, 4.69) is 38.7 Å². The molecule has 0 saturated carbocycles. The fraction of sp³-hybridized carbons (Fsp3) is 0.393. The van der Waals surface area contributed by atoms with Crippen LogP contribution in [0.3, 0.4) is 0 Å². The zero-order chi connectivity index (χ0) is 27.5. The van der Waals surface area contributed by atoms with Gasteiger partial charge < -0.3 is 19.7 Å². The number of nitrogens with zero attached hydrogens (tertiary/aromatic N) is 3. The second kappa shape index (κ2) is 14.3. The van der Waals surface area contributed by atoms with Crippen molar-refractivity contribution < 1.29 is 28.7 Å². The summed E-state index contributed by atoms with van der Waals surface area (Å²) in [5.74, 6) is -0.872. The predicted molar refractivity (Wildman–Crippen MR) is 144 cm³/mol. The number of aliphatic imine (C=N–C) groups is 1. The van der Waals surface area contributed by atoms with E-state index in [1.165, 1.54) is 19.2 Å².